The molecule has 108 valence electrons. The Labute approximate surface area is 115 Å². The molecule has 0 aromatic heterocycles. The molecule has 0 aliphatic heterocycles. The van der Waals surface area contributed by atoms with E-state index >= 15 is 0 Å². The molecule has 2 atom stereocenters. The summed E-state index contributed by atoms with van der Waals surface area (Å²) in [6, 6.07) is 6.86. The number of hydrogen-bond acceptors (Lipinski definition) is 4. The second-order valence-corrected chi connectivity index (χ2v) is 6.27. The molecular formula is C14H22O4S. The van der Waals surface area contributed by atoms with Gasteiger partial charge < -0.3 is 4.74 Å². The topological polar surface area (TPSA) is 52.6 Å². The smallest absolute Gasteiger partial charge is 0.297 e. The highest BCUT2D eigenvalue weighted by atomic mass is 32.2. The fourth-order valence-electron chi connectivity index (χ4n) is 1.73. The molecule has 4 nitrogen and oxygen atoms in total. The molecule has 0 bridgehead atoms. The van der Waals surface area contributed by atoms with Gasteiger partial charge in [-0.3, -0.25) is 4.18 Å². The summed E-state index contributed by atoms with van der Waals surface area (Å²) in [5.74, 6) is 0.421. The van der Waals surface area contributed by atoms with E-state index in [2.05, 4.69) is 13.8 Å². The summed E-state index contributed by atoms with van der Waals surface area (Å²) >= 11 is 0. The van der Waals surface area contributed by atoms with Gasteiger partial charge in [0.05, 0.1) is 17.6 Å². The Kier molecular flexibility index (Phi) is 5.97. The molecule has 0 N–H and O–H groups in total. The van der Waals surface area contributed by atoms with E-state index in [-0.39, 0.29) is 11.5 Å². The van der Waals surface area contributed by atoms with Crippen molar-refractivity contribution in [3.63, 3.8) is 0 Å². The second-order valence-electron chi connectivity index (χ2n) is 4.69. The Morgan fingerprint density at radius 2 is 1.74 bits per heavy atom. The van der Waals surface area contributed by atoms with Crippen LogP contribution in [0, 0.1) is 0 Å². The maximum absolute atomic E-state index is 12.0. The van der Waals surface area contributed by atoms with Crippen LogP contribution in [0.4, 0.5) is 0 Å². The van der Waals surface area contributed by atoms with Gasteiger partial charge in [0, 0.05) is 7.11 Å². The number of hydrogen-bond donors (Lipinski definition) is 0. The van der Waals surface area contributed by atoms with Crippen LogP contribution in [0.1, 0.15) is 38.7 Å². The van der Waals surface area contributed by atoms with Gasteiger partial charge in [-0.15, -0.1) is 0 Å². The average Bonchev–Trinajstić information content (AvgIpc) is 2.37. The molecule has 1 rings (SSSR count). The maximum atomic E-state index is 12.0. The minimum Gasteiger partial charge on any atom is -0.382 e. The molecule has 0 amide bonds. The van der Waals surface area contributed by atoms with Crippen LogP contribution in [0.15, 0.2) is 29.2 Å². The van der Waals surface area contributed by atoms with Gasteiger partial charge in [0.1, 0.15) is 0 Å². The van der Waals surface area contributed by atoms with Crippen molar-refractivity contribution >= 4 is 10.1 Å². The zero-order chi connectivity index (χ0) is 14.5. The maximum Gasteiger partial charge on any atom is 0.297 e. The van der Waals surface area contributed by atoms with Gasteiger partial charge in [0.15, 0.2) is 0 Å². The predicted octanol–water partition coefficient (Wildman–Crippen LogP) is 2.94. The molecule has 0 aliphatic rings. The SMILES string of the molecule is CCC(C)c1ccc(S(=O)(=O)OC(C)COC)cc1. The number of ether oxygens (including phenoxy) is 1. The van der Waals surface area contributed by atoms with Crippen LogP contribution in [-0.2, 0) is 19.0 Å². The highest BCUT2D eigenvalue weighted by Gasteiger charge is 2.19. The van der Waals surface area contributed by atoms with E-state index in [1.807, 2.05) is 12.1 Å². The molecule has 5 heteroatoms. The normalized spacial score (nSPS) is 15.2. The van der Waals surface area contributed by atoms with Crippen molar-refractivity contribution in [2.24, 2.45) is 0 Å². The van der Waals surface area contributed by atoms with Crippen LogP contribution in [0.25, 0.3) is 0 Å². The molecule has 0 fully saturated rings. The van der Waals surface area contributed by atoms with E-state index in [0.29, 0.717) is 5.92 Å². The number of benzene rings is 1. The lowest BCUT2D eigenvalue weighted by Crippen LogP contribution is -2.20. The van der Waals surface area contributed by atoms with Gasteiger partial charge in [-0.2, -0.15) is 8.42 Å². The first-order valence-electron chi connectivity index (χ1n) is 6.43. The van der Waals surface area contributed by atoms with Crippen LogP contribution in [0.5, 0.6) is 0 Å². The van der Waals surface area contributed by atoms with Crippen molar-refractivity contribution in [1.82, 2.24) is 0 Å². The predicted molar refractivity (Wildman–Crippen MR) is 74.8 cm³/mol. The summed E-state index contributed by atoms with van der Waals surface area (Å²) in [7, 11) is -2.20. The highest BCUT2D eigenvalue weighted by Crippen LogP contribution is 2.21. The van der Waals surface area contributed by atoms with Crippen molar-refractivity contribution in [3.05, 3.63) is 29.8 Å². The molecule has 0 saturated carbocycles. The molecule has 0 saturated heterocycles. The quantitative estimate of drug-likeness (QED) is 0.723. The Hall–Kier alpha value is -0.910. The van der Waals surface area contributed by atoms with Crippen LogP contribution >= 0.6 is 0 Å². The molecule has 0 aliphatic carbocycles. The Morgan fingerprint density at radius 3 is 2.21 bits per heavy atom. The van der Waals surface area contributed by atoms with Gasteiger partial charge in [0.2, 0.25) is 0 Å². The molecule has 2 unspecified atom stereocenters. The van der Waals surface area contributed by atoms with Crippen molar-refractivity contribution in [2.45, 2.75) is 44.1 Å². The van der Waals surface area contributed by atoms with Crippen molar-refractivity contribution < 1.29 is 17.3 Å². The number of methoxy groups -OCH3 is 1. The first-order chi connectivity index (χ1) is 8.90. The minimum absolute atomic E-state index is 0.183. The molecule has 0 radical (unpaired) electrons. The number of rotatable bonds is 7. The third-order valence-electron chi connectivity index (χ3n) is 3.04. The standard InChI is InChI=1S/C14H22O4S/c1-5-11(2)13-6-8-14(9-7-13)19(15,16)18-12(3)10-17-4/h6-9,11-12H,5,10H2,1-4H3. The van der Waals surface area contributed by atoms with E-state index in [9.17, 15) is 8.42 Å². The summed E-state index contributed by atoms with van der Waals surface area (Å²) in [4.78, 5) is 0.183. The average molecular weight is 286 g/mol. The Balaban J connectivity index is 2.85. The molecule has 1 aromatic carbocycles. The third-order valence-corrected chi connectivity index (χ3v) is 4.47. The summed E-state index contributed by atoms with van der Waals surface area (Å²) in [6.07, 6.45) is 0.525. The fourth-order valence-corrected chi connectivity index (χ4v) is 2.80. The molecule has 0 heterocycles. The van der Waals surface area contributed by atoms with E-state index in [4.69, 9.17) is 8.92 Å². The van der Waals surface area contributed by atoms with Crippen LogP contribution in [0.2, 0.25) is 0 Å². The molecular weight excluding hydrogens is 264 g/mol. The van der Waals surface area contributed by atoms with Crippen LogP contribution in [-0.4, -0.2) is 28.2 Å². The third kappa shape index (κ3) is 4.60. The molecule has 0 spiro atoms. The van der Waals surface area contributed by atoms with E-state index < -0.39 is 16.2 Å². The summed E-state index contributed by atoms with van der Waals surface area (Å²) in [6.45, 7) is 6.12. The second kappa shape index (κ2) is 7.03. The fraction of sp³-hybridized carbons (Fsp3) is 0.571. The van der Waals surface area contributed by atoms with Crippen molar-refractivity contribution in [2.75, 3.05) is 13.7 Å². The lowest BCUT2D eigenvalue weighted by molar-refractivity contribution is 0.0962. The van der Waals surface area contributed by atoms with Gasteiger partial charge in [-0.25, -0.2) is 0 Å². The summed E-state index contributed by atoms with van der Waals surface area (Å²) in [5, 5.41) is 0. The van der Waals surface area contributed by atoms with Crippen molar-refractivity contribution in [1.29, 1.82) is 0 Å². The lowest BCUT2D eigenvalue weighted by atomic mass is 9.99. The molecule has 1 aromatic rings. The highest BCUT2D eigenvalue weighted by molar-refractivity contribution is 7.86. The van der Waals surface area contributed by atoms with Gasteiger partial charge in [0.25, 0.3) is 10.1 Å². The monoisotopic (exact) mass is 286 g/mol. The minimum atomic E-state index is -3.71. The van der Waals surface area contributed by atoms with Gasteiger partial charge in [-0.05, 0) is 37.0 Å². The Morgan fingerprint density at radius 1 is 1.16 bits per heavy atom. The summed E-state index contributed by atoms with van der Waals surface area (Å²) in [5.41, 5.74) is 1.13. The lowest BCUT2D eigenvalue weighted by Gasteiger charge is -2.13. The van der Waals surface area contributed by atoms with E-state index in [1.165, 1.54) is 7.11 Å². The zero-order valence-electron chi connectivity index (χ0n) is 11.9. The Bertz CT molecular complexity index is 479. The van der Waals surface area contributed by atoms with Gasteiger partial charge in [-0.1, -0.05) is 26.0 Å². The van der Waals surface area contributed by atoms with Crippen LogP contribution < -0.4 is 0 Å². The zero-order valence-corrected chi connectivity index (χ0v) is 12.7. The van der Waals surface area contributed by atoms with Crippen LogP contribution in [0.3, 0.4) is 0 Å². The van der Waals surface area contributed by atoms with Gasteiger partial charge >= 0.3 is 0 Å². The van der Waals surface area contributed by atoms with Crippen molar-refractivity contribution in [3.8, 4) is 0 Å². The molecule has 19 heavy (non-hydrogen) atoms. The first kappa shape index (κ1) is 16.1. The van der Waals surface area contributed by atoms with E-state index in [0.717, 1.165) is 12.0 Å². The largest absolute Gasteiger partial charge is 0.382 e. The van der Waals surface area contributed by atoms with E-state index in [1.54, 1.807) is 19.1 Å². The first-order valence-corrected chi connectivity index (χ1v) is 7.83. The summed E-state index contributed by atoms with van der Waals surface area (Å²) < 4.78 is 33.9.